The van der Waals surface area contributed by atoms with Crippen LogP contribution in [0.2, 0.25) is 0 Å². The Morgan fingerprint density at radius 1 is 1.50 bits per heavy atom. The molecule has 0 saturated carbocycles. The van der Waals surface area contributed by atoms with Gasteiger partial charge in [0.25, 0.3) is 0 Å². The second-order valence-corrected chi connectivity index (χ2v) is 5.60. The molecule has 0 radical (unpaired) electrons. The summed E-state index contributed by atoms with van der Waals surface area (Å²) in [6.45, 7) is 8.16. The Morgan fingerprint density at radius 2 is 2.25 bits per heavy atom. The van der Waals surface area contributed by atoms with E-state index < -0.39 is 0 Å². The summed E-state index contributed by atoms with van der Waals surface area (Å²) in [4.78, 5) is 6.85. The summed E-state index contributed by atoms with van der Waals surface area (Å²) in [6.07, 6.45) is 2.17. The lowest BCUT2D eigenvalue weighted by Crippen LogP contribution is -2.39. The van der Waals surface area contributed by atoms with Crippen LogP contribution in [0.25, 0.3) is 0 Å². The van der Waals surface area contributed by atoms with Crippen LogP contribution < -0.4 is 16.0 Å². The molecule has 0 spiro atoms. The number of rotatable bonds is 5. The molecule has 0 bridgehead atoms. The summed E-state index contributed by atoms with van der Waals surface area (Å²) < 4.78 is 0. The van der Waals surface area contributed by atoms with Crippen LogP contribution in [0.15, 0.2) is 29.3 Å². The molecule has 20 heavy (non-hydrogen) atoms. The molecular formula is C16H26N4. The minimum atomic E-state index is 0.380. The number of hydrogen-bond donors (Lipinski definition) is 2. The molecule has 4 heteroatoms. The highest BCUT2D eigenvalue weighted by molar-refractivity contribution is 5.78. The molecule has 4 nitrogen and oxygen atoms in total. The highest BCUT2D eigenvalue weighted by Gasteiger charge is 2.24. The first kappa shape index (κ1) is 14.7. The van der Waals surface area contributed by atoms with Crippen LogP contribution in [-0.2, 0) is 6.42 Å². The minimum absolute atomic E-state index is 0.380. The third kappa shape index (κ3) is 3.44. The topological polar surface area (TPSA) is 53.6 Å². The number of fused-ring (bicyclic) bond motifs is 1. The second-order valence-electron chi connectivity index (χ2n) is 5.60. The van der Waals surface area contributed by atoms with Crippen LogP contribution in [0.4, 0.5) is 5.69 Å². The van der Waals surface area contributed by atoms with Gasteiger partial charge in [0.05, 0.1) is 6.54 Å². The number of nitrogens with zero attached hydrogens (tertiary/aromatic N) is 2. The molecule has 2 rings (SSSR count). The molecule has 0 saturated heterocycles. The Labute approximate surface area is 122 Å². The number of nitrogens with one attached hydrogen (secondary N) is 1. The summed E-state index contributed by atoms with van der Waals surface area (Å²) in [7, 11) is 0. The highest BCUT2D eigenvalue weighted by atomic mass is 15.2. The molecular weight excluding hydrogens is 248 g/mol. The number of guanidine groups is 1. The molecule has 2 unspecified atom stereocenters. The zero-order chi connectivity index (χ0) is 14.5. The Kier molecular flexibility index (Phi) is 4.88. The average Bonchev–Trinajstić information content (AvgIpc) is 2.75. The summed E-state index contributed by atoms with van der Waals surface area (Å²) in [5, 5.41) is 3.19. The fourth-order valence-electron chi connectivity index (χ4n) is 2.65. The molecule has 0 fully saturated rings. The summed E-state index contributed by atoms with van der Waals surface area (Å²) >= 11 is 0. The van der Waals surface area contributed by atoms with Crippen molar-refractivity contribution < 1.29 is 0 Å². The minimum Gasteiger partial charge on any atom is -0.370 e. The maximum Gasteiger partial charge on any atom is 0.188 e. The van der Waals surface area contributed by atoms with Crippen LogP contribution in [0.3, 0.4) is 0 Å². The number of benzene rings is 1. The van der Waals surface area contributed by atoms with Gasteiger partial charge in [-0.25, -0.2) is 0 Å². The third-order valence-corrected chi connectivity index (χ3v) is 3.98. The quantitative estimate of drug-likeness (QED) is 0.639. The Morgan fingerprint density at radius 3 is 3.00 bits per heavy atom. The number of aliphatic imine (C=N–C) groups is 1. The van der Waals surface area contributed by atoms with Gasteiger partial charge in [0, 0.05) is 24.3 Å². The van der Waals surface area contributed by atoms with E-state index in [0.717, 1.165) is 25.9 Å². The Balaban J connectivity index is 1.90. The van der Waals surface area contributed by atoms with Gasteiger partial charge in [-0.2, -0.15) is 0 Å². The largest absolute Gasteiger partial charge is 0.370 e. The van der Waals surface area contributed by atoms with E-state index in [-0.39, 0.29) is 0 Å². The van der Waals surface area contributed by atoms with E-state index in [1.54, 1.807) is 0 Å². The fraction of sp³-hybridized carbons (Fsp3) is 0.562. The Bertz CT molecular complexity index is 469. The van der Waals surface area contributed by atoms with Crippen LogP contribution in [0.5, 0.6) is 0 Å². The maximum atomic E-state index is 5.88. The first-order chi connectivity index (χ1) is 9.61. The van der Waals surface area contributed by atoms with E-state index in [4.69, 9.17) is 5.73 Å². The first-order valence-corrected chi connectivity index (χ1v) is 7.52. The van der Waals surface area contributed by atoms with Crippen molar-refractivity contribution in [2.45, 2.75) is 45.7 Å². The van der Waals surface area contributed by atoms with Gasteiger partial charge in [0.1, 0.15) is 0 Å². The lowest BCUT2D eigenvalue weighted by molar-refractivity contribution is 0.633. The van der Waals surface area contributed by atoms with E-state index in [2.05, 4.69) is 60.2 Å². The van der Waals surface area contributed by atoms with Crippen LogP contribution in [0, 0.1) is 0 Å². The lowest BCUT2D eigenvalue weighted by Gasteiger charge is -2.24. The fourth-order valence-corrected chi connectivity index (χ4v) is 2.65. The van der Waals surface area contributed by atoms with Crippen molar-refractivity contribution in [3.05, 3.63) is 29.8 Å². The SMILES string of the molecule is CCC(C)NC(N)=NCCN1c2ccccc2CC1C. The van der Waals surface area contributed by atoms with Gasteiger partial charge in [-0.05, 0) is 38.3 Å². The monoisotopic (exact) mass is 274 g/mol. The van der Waals surface area contributed by atoms with E-state index >= 15 is 0 Å². The number of anilines is 1. The average molecular weight is 274 g/mol. The van der Waals surface area contributed by atoms with E-state index in [1.165, 1.54) is 11.3 Å². The summed E-state index contributed by atoms with van der Waals surface area (Å²) in [5.74, 6) is 0.555. The van der Waals surface area contributed by atoms with Crippen LogP contribution in [-0.4, -0.2) is 31.1 Å². The molecule has 1 aromatic rings. The smallest absolute Gasteiger partial charge is 0.188 e. The van der Waals surface area contributed by atoms with Crippen molar-refractivity contribution in [1.29, 1.82) is 0 Å². The van der Waals surface area contributed by atoms with Crippen molar-refractivity contribution in [3.63, 3.8) is 0 Å². The number of para-hydroxylation sites is 1. The zero-order valence-electron chi connectivity index (χ0n) is 12.8. The van der Waals surface area contributed by atoms with Gasteiger partial charge in [-0.3, -0.25) is 4.99 Å². The molecule has 1 aliphatic rings. The van der Waals surface area contributed by atoms with Gasteiger partial charge in [0.15, 0.2) is 5.96 Å². The van der Waals surface area contributed by atoms with Crippen molar-refractivity contribution in [1.82, 2.24) is 5.32 Å². The van der Waals surface area contributed by atoms with Gasteiger partial charge in [-0.15, -0.1) is 0 Å². The molecule has 110 valence electrons. The molecule has 2 atom stereocenters. The normalized spacial score (nSPS) is 19.9. The van der Waals surface area contributed by atoms with Gasteiger partial charge >= 0.3 is 0 Å². The van der Waals surface area contributed by atoms with Crippen molar-refractivity contribution in [2.24, 2.45) is 10.7 Å². The van der Waals surface area contributed by atoms with Crippen molar-refractivity contribution in [3.8, 4) is 0 Å². The standard InChI is InChI=1S/C16H26N4/c1-4-12(2)19-16(17)18-9-10-20-13(3)11-14-7-5-6-8-15(14)20/h5-8,12-13H,4,9-11H2,1-3H3,(H3,17,18,19). The van der Waals surface area contributed by atoms with Crippen molar-refractivity contribution in [2.75, 3.05) is 18.0 Å². The summed E-state index contributed by atoms with van der Waals surface area (Å²) in [5.41, 5.74) is 8.67. The number of hydrogen-bond acceptors (Lipinski definition) is 2. The first-order valence-electron chi connectivity index (χ1n) is 7.52. The maximum absolute atomic E-state index is 5.88. The zero-order valence-corrected chi connectivity index (χ0v) is 12.8. The Hall–Kier alpha value is -1.71. The second kappa shape index (κ2) is 6.64. The van der Waals surface area contributed by atoms with E-state index in [0.29, 0.717) is 18.0 Å². The predicted octanol–water partition coefficient (Wildman–Crippen LogP) is 2.14. The molecule has 0 aromatic heterocycles. The highest BCUT2D eigenvalue weighted by Crippen LogP contribution is 2.31. The van der Waals surface area contributed by atoms with Gasteiger partial charge < -0.3 is 16.0 Å². The van der Waals surface area contributed by atoms with E-state index in [9.17, 15) is 0 Å². The third-order valence-electron chi connectivity index (χ3n) is 3.98. The van der Waals surface area contributed by atoms with Gasteiger partial charge in [0.2, 0.25) is 0 Å². The molecule has 1 aliphatic heterocycles. The van der Waals surface area contributed by atoms with Crippen LogP contribution in [0.1, 0.15) is 32.8 Å². The van der Waals surface area contributed by atoms with Crippen molar-refractivity contribution >= 4 is 11.6 Å². The molecule has 3 N–H and O–H groups in total. The molecule has 1 aromatic carbocycles. The molecule has 0 amide bonds. The molecule has 0 aliphatic carbocycles. The predicted molar refractivity (Wildman–Crippen MR) is 86.3 cm³/mol. The summed E-state index contributed by atoms with van der Waals surface area (Å²) in [6, 6.07) is 9.56. The number of nitrogens with two attached hydrogens (primary N) is 1. The van der Waals surface area contributed by atoms with Gasteiger partial charge in [-0.1, -0.05) is 25.1 Å². The van der Waals surface area contributed by atoms with Crippen LogP contribution >= 0.6 is 0 Å². The van der Waals surface area contributed by atoms with E-state index in [1.807, 2.05) is 0 Å². The lowest BCUT2D eigenvalue weighted by atomic mass is 10.1. The molecule has 1 heterocycles.